The fraction of sp³-hybridized carbons (Fsp3) is 0.632. The van der Waals surface area contributed by atoms with Crippen molar-refractivity contribution in [2.45, 2.75) is 75.6 Å². The van der Waals surface area contributed by atoms with E-state index in [1.54, 1.807) is 13.8 Å². The zero-order valence-corrected chi connectivity index (χ0v) is 19.2. The van der Waals surface area contributed by atoms with Crippen molar-refractivity contribution in [3.8, 4) is 5.00 Å². The fourth-order valence-electron chi connectivity index (χ4n) is 3.61. The number of thioether (sulfide) groups is 1. The fourth-order valence-corrected chi connectivity index (χ4v) is 6.76. The maximum Gasteiger partial charge on any atom is 0.319 e. The third kappa shape index (κ3) is 3.60. The molecule has 0 radical (unpaired) electrons. The van der Waals surface area contributed by atoms with Gasteiger partial charge in [0, 0.05) is 4.88 Å². The molecule has 2 aliphatic rings. The number of halogens is 1. The van der Waals surface area contributed by atoms with E-state index in [1.807, 2.05) is 15.9 Å². The lowest BCUT2D eigenvalue weighted by Gasteiger charge is -2.31. The Hall–Kier alpha value is -0.860. The van der Waals surface area contributed by atoms with E-state index in [-0.39, 0.29) is 5.41 Å². The van der Waals surface area contributed by atoms with Crippen LogP contribution in [0.3, 0.4) is 0 Å². The molecule has 1 fully saturated rings. The second-order valence-electron chi connectivity index (χ2n) is 8.85. The highest BCUT2D eigenvalue weighted by molar-refractivity contribution is 9.10. The molecule has 5 nitrogen and oxygen atoms in total. The van der Waals surface area contributed by atoms with E-state index < -0.39 is 10.7 Å². The number of carboxylic acid groups (broad SMARTS) is 1. The summed E-state index contributed by atoms with van der Waals surface area (Å²) in [6, 6.07) is 0. The summed E-state index contributed by atoms with van der Waals surface area (Å²) in [5, 5.41) is 19.8. The molecular formula is C19H24BrN3O2S2. The van der Waals surface area contributed by atoms with Crippen LogP contribution in [-0.4, -0.2) is 30.6 Å². The largest absolute Gasteiger partial charge is 0.480 e. The van der Waals surface area contributed by atoms with Crippen LogP contribution in [0.1, 0.15) is 68.9 Å². The Labute approximate surface area is 176 Å². The van der Waals surface area contributed by atoms with E-state index >= 15 is 0 Å². The van der Waals surface area contributed by atoms with E-state index in [4.69, 9.17) is 0 Å². The lowest BCUT2D eigenvalue weighted by molar-refractivity contribution is -0.138. The molecule has 0 amide bonds. The molecule has 4 rings (SSSR count). The molecule has 2 aromatic rings. The molecule has 2 aliphatic carbocycles. The van der Waals surface area contributed by atoms with E-state index in [1.165, 1.54) is 52.0 Å². The summed E-state index contributed by atoms with van der Waals surface area (Å²) in [6.45, 7) is 8.07. The Kier molecular flexibility index (Phi) is 4.75. The molecule has 0 saturated heterocycles. The van der Waals surface area contributed by atoms with Gasteiger partial charge in [-0.05, 0) is 84.3 Å². The highest BCUT2D eigenvalue weighted by Crippen LogP contribution is 2.52. The van der Waals surface area contributed by atoms with Gasteiger partial charge in [-0.25, -0.2) is 0 Å². The van der Waals surface area contributed by atoms with Crippen LogP contribution >= 0.6 is 39.0 Å². The number of aromatic nitrogens is 3. The van der Waals surface area contributed by atoms with Crippen molar-refractivity contribution in [2.75, 3.05) is 0 Å². The van der Waals surface area contributed by atoms with Gasteiger partial charge >= 0.3 is 5.97 Å². The van der Waals surface area contributed by atoms with Crippen LogP contribution in [0.4, 0.5) is 0 Å². The molecule has 146 valence electrons. The van der Waals surface area contributed by atoms with Gasteiger partial charge in [0.25, 0.3) is 0 Å². The van der Waals surface area contributed by atoms with Gasteiger partial charge in [0.05, 0.1) is 0 Å². The number of nitrogens with zero attached hydrogens (tertiary/aromatic N) is 3. The van der Waals surface area contributed by atoms with Gasteiger partial charge < -0.3 is 5.11 Å². The number of hydrogen-bond donors (Lipinski definition) is 1. The predicted octanol–water partition coefficient (Wildman–Crippen LogP) is 5.44. The van der Waals surface area contributed by atoms with E-state index in [2.05, 4.69) is 40.0 Å². The summed E-state index contributed by atoms with van der Waals surface area (Å²) in [7, 11) is 0. The van der Waals surface area contributed by atoms with E-state index in [0.29, 0.717) is 15.8 Å². The van der Waals surface area contributed by atoms with Crippen molar-refractivity contribution in [1.29, 1.82) is 0 Å². The number of carbonyl (C=O) groups is 1. The Bertz CT molecular complexity index is 912. The summed E-state index contributed by atoms with van der Waals surface area (Å²) in [5.74, 6) is -0.147. The molecule has 27 heavy (non-hydrogen) atoms. The number of aliphatic carboxylic acids is 1. The van der Waals surface area contributed by atoms with Crippen LogP contribution in [-0.2, 0) is 17.6 Å². The number of hydrogen-bond acceptors (Lipinski definition) is 5. The number of rotatable bonds is 5. The summed E-state index contributed by atoms with van der Waals surface area (Å²) in [6.07, 6.45) is 5.96. The van der Waals surface area contributed by atoms with Crippen molar-refractivity contribution in [3.05, 3.63) is 20.7 Å². The van der Waals surface area contributed by atoms with Crippen LogP contribution < -0.4 is 0 Å². The molecule has 0 unspecified atom stereocenters. The molecule has 2 aromatic heterocycles. The van der Waals surface area contributed by atoms with Crippen LogP contribution in [0.2, 0.25) is 0 Å². The second kappa shape index (κ2) is 6.59. The maximum atomic E-state index is 11.6. The average Bonchev–Trinajstić information content (AvgIpc) is 3.27. The molecule has 0 aliphatic heterocycles. The molecule has 0 bridgehead atoms. The monoisotopic (exact) mass is 469 g/mol. The molecule has 0 atom stereocenters. The van der Waals surface area contributed by atoms with Crippen LogP contribution in [0.5, 0.6) is 0 Å². The van der Waals surface area contributed by atoms with Gasteiger partial charge in [-0.3, -0.25) is 9.36 Å². The number of carboxylic acids is 1. The van der Waals surface area contributed by atoms with Crippen molar-refractivity contribution >= 4 is 45.0 Å². The van der Waals surface area contributed by atoms with Gasteiger partial charge in [-0.2, -0.15) is 0 Å². The van der Waals surface area contributed by atoms with Crippen molar-refractivity contribution in [2.24, 2.45) is 5.41 Å². The number of fused-ring (bicyclic) bond motifs is 1. The van der Waals surface area contributed by atoms with E-state index in [0.717, 1.165) is 12.8 Å². The predicted molar refractivity (Wildman–Crippen MR) is 112 cm³/mol. The quantitative estimate of drug-likeness (QED) is 0.590. The van der Waals surface area contributed by atoms with Crippen LogP contribution in [0.15, 0.2) is 9.89 Å². The molecule has 0 spiro atoms. The highest BCUT2D eigenvalue weighted by atomic mass is 79.9. The van der Waals surface area contributed by atoms with Gasteiger partial charge in [0.15, 0.2) is 5.16 Å². The summed E-state index contributed by atoms with van der Waals surface area (Å²) >= 11 is 6.66. The molecule has 2 heterocycles. The average molecular weight is 470 g/mol. The first kappa shape index (κ1) is 19.5. The topological polar surface area (TPSA) is 68.0 Å². The Morgan fingerprint density at radius 1 is 1.33 bits per heavy atom. The van der Waals surface area contributed by atoms with Crippen molar-refractivity contribution < 1.29 is 9.90 Å². The summed E-state index contributed by atoms with van der Waals surface area (Å²) in [4.78, 5) is 13.1. The molecule has 0 aromatic carbocycles. The third-order valence-corrected chi connectivity index (χ3v) is 8.51. The summed E-state index contributed by atoms with van der Waals surface area (Å²) < 4.78 is 1.69. The molecular weight excluding hydrogens is 446 g/mol. The standard InChI is InChI=1S/C19H24BrN3O2S2/c1-18(2)8-7-11-12(9-18)14(26-13(11)10-5-6-10)23-16(20)21-22-17(23)27-19(3,4)15(24)25/h10H,5-9H2,1-4H3,(H,24,25). The Balaban J connectivity index is 1.83. The third-order valence-electron chi connectivity index (χ3n) is 5.44. The van der Waals surface area contributed by atoms with Gasteiger partial charge in [0.1, 0.15) is 9.75 Å². The normalized spacial score (nSPS) is 19.1. The highest BCUT2D eigenvalue weighted by Gasteiger charge is 2.38. The summed E-state index contributed by atoms with van der Waals surface area (Å²) in [5.41, 5.74) is 3.22. The minimum atomic E-state index is -0.972. The van der Waals surface area contributed by atoms with Crippen molar-refractivity contribution in [1.82, 2.24) is 14.8 Å². The first-order valence-electron chi connectivity index (χ1n) is 9.27. The lowest BCUT2D eigenvalue weighted by atomic mass is 9.74. The minimum Gasteiger partial charge on any atom is -0.480 e. The lowest BCUT2D eigenvalue weighted by Crippen LogP contribution is -2.27. The molecule has 1 N–H and O–H groups in total. The van der Waals surface area contributed by atoms with Gasteiger partial charge in [-0.15, -0.1) is 21.5 Å². The zero-order chi connectivity index (χ0) is 19.6. The van der Waals surface area contributed by atoms with Crippen LogP contribution in [0, 0.1) is 5.41 Å². The van der Waals surface area contributed by atoms with Crippen molar-refractivity contribution in [3.63, 3.8) is 0 Å². The SMILES string of the molecule is CC1(C)CCc2c(C3CC3)sc(-n3c(Br)nnc3SC(C)(C)C(=O)O)c2C1. The molecule has 1 saturated carbocycles. The minimum absolute atomic E-state index is 0.276. The van der Waals surface area contributed by atoms with Gasteiger partial charge in [-0.1, -0.05) is 25.6 Å². The number of thiophene rings is 1. The zero-order valence-electron chi connectivity index (χ0n) is 16.0. The first-order chi connectivity index (χ1) is 12.6. The first-order valence-corrected chi connectivity index (χ1v) is 11.7. The Morgan fingerprint density at radius 2 is 2.04 bits per heavy atom. The molecule has 8 heteroatoms. The Morgan fingerprint density at radius 3 is 2.67 bits per heavy atom. The smallest absolute Gasteiger partial charge is 0.319 e. The second-order valence-corrected chi connectivity index (χ2v) is 12.2. The van der Waals surface area contributed by atoms with E-state index in [9.17, 15) is 9.90 Å². The maximum absolute atomic E-state index is 11.6. The van der Waals surface area contributed by atoms with Crippen LogP contribution in [0.25, 0.3) is 5.00 Å². The van der Waals surface area contributed by atoms with Gasteiger partial charge in [0.2, 0.25) is 4.73 Å².